The highest BCUT2D eigenvalue weighted by Crippen LogP contribution is 2.47. The molecule has 2 unspecified atom stereocenters. The molecule has 46 valence electrons. The fraction of sp³-hybridized carbons (Fsp3) is 0.800. The van der Waals surface area contributed by atoms with Crippen LogP contribution in [0.5, 0.6) is 0 Å². The molecule has 0 aromatic rings. The first-order valence-electron chi connectivity index (χ1n) is 2.41. The summed E-state index contributed by atoms with van der Waals surface area (Å²) in [5, 5.41) is -0.123. The average Bonchev–Trinajstić information content (AvgIpc) is 2.17. The minimum Gasteiger partial charge on any atom is -0.298 e. The first kappa shape index (κ1) is 6.37. The predicted octanol–water partition coefficient (Wildman–Crippen LogP) is 1.56. The van der Waals surface area contributed by atoms with E-state index >= 15 is 0 Å². The summed E-state index contributed by atoms with van der Waals surface area (Å²) in [4.78, 5) is 9.83. The van der Waals surface area contributed by atoms with Crippen LogP contribution in [0.4, 0.5) is 0 Å². The third kappa shape index (κ3) is 0.741. The number of carbonyl (C=O) groups is 1. The van der Waals surface area contributed by atoms with Crippen molar-refractivity contribution < 1.29 is 4.79 Å². The lowest BCUT2D eigenvalue weighted by atomic mass is 10.3. The molecular formula is C5H6Cl2O. The molecule has 3 heteroatoms. The highest BCUT2D eigenvalue weighted by molar-refractivity contribution is 6.45. The number of hydrogen-bond donors (Lipinski definition) is 0. The van der Waals surface area contributed by atoms with Crippen molar-refractivity contribution >= 4 is 29.0 Å². The Kier molecular flexibility index (Phi) is 1.28. The summed E-state index contributed by atoms with van der Waals surface area (Å²) >= 11 is 11.2. The molecule has 1 saturated carbocycles. The molecule has 1 fully saturated rings. The van der Waals surface area contributed by atoms with Gasteiger partial charge in [-0.05, 0) is 13.3 Å². The van der Waals surface area contributed by atoms with Crippen molar-refractivity contribution in [3.05, 3.63) is 0 Å². The molecule has 0 radical (unpaired) electrons. The van der Waals surface area contributed by atoms with Gasteiger partial charge in [0.15, 0.2) is 5.78 Å². The van der Waals surface area contributed by atoms with Gasteiger partial charge in [0, 0.05) is 0 Å². The lowest BCUT2D eigenvalue weighted by Gasteiger charge is -1.95. The van der Waals surface area contributed by atoms with E-state index in [0.717, 1.165) is 0 Å². The van der Waals surface area contributed by atoms with Gasteiger partial charge >= 0.3 is 0 Å². The van der Waals surface area contributed by atoms with E-state index in [2.05, 4.69) is 0 Å². The van der Waals surface area contributed by atoms with E-state index in [4.69, 9.17) is 23.2 Å². The highest BCUT2D eigenvalue weighted by Gasteiger charge is 2.56. The number of rotatable bonds is 1. The fourth-order valence-corrected chi connectivity index (χ4v) is 1.20. The van der Waals surface area contributed by atoms with Crippen LogP contribution in [0.15, 0.2) is 0 Å². The maximum absolute atomic E-state index is 10.5. The maximum atomic E-state index is 10.5. The molecule has 1 rings (SSSR count). The van der Waals surface area contributed by atoms with E-state index in [1.165, 1.54) is 6.92 Å². The van der Waals surface area contributed by atoms with Gasteiger partial charge in [0.2, 0.25) is 0 Å². The number of Topliss-reactive ketones (excluding diaryl/α,β-unsaturated/α-hetero) is 1. The lowest BCUT2D eigenvalue weighted by molar-refractivity contribution is -0.117. The van der Waals surface area contributed by atoms with Crippen LogP contribution in [-0.2, 0) is 4.79 Å². The lowest BCUT2D eigenvalue weighted by Crippen LogP contribution is -2.13. The summed E-state index contributed by atoms with van der Waals surface area (Å²) < 4.78 is 0. The third-order valence-electron chi connectivity index (χ3n) is 1.40. The molecule has 2 atom stereocenters. The van der Waals surface area contributed by atoms with Crippen molar-refractivity contribution in [3.8, 4) is 0 Å². The van der Waals surface area contributed by atoms with Gasteiger partial charge in [-0.15, -0.1) is 23.2 Å². The van der Waals surface area contributed by atoms with Crippen molar-refractivity contribution in [1.82, 2.24) is 0 Å². The van der Waals surface area contributed by atoms with Crippen molar-refractivity contribution in [1.29, 1.82) is 0 Å². The average molecular weight is 153 g/mol. The van der Waals surface area contributed by atoms with E-state index in [1.54, 1.807) is 0 Å². The Bertz CT molecular complexity index is 134. The molecule has 0 spiro atoms. The predicted molar refractivity (Wildman–Crippen MR) is 33.5 cm³/mol. The van der Waals surface area contributed by atoms with Gasteiger partial charge in [0.25, 0.3) is 0 Å². The molecule has 1 aliphatic carbocycles. The van der Waals surface area contributed by atoms with E-state index in [0.29, 0.717) is 6.42 Å². The number of carbonyl (C=O) groups excluding carboxylic acids is 1. The largest absolute Gasteiger partial charge is 0.298 e. The van der Waals surface area contributed by atoms with Crippen LogP contribution in [-0.4, -0.2) is 16.0 Å². The second-order valence-electron chi connectivity index (χ2n) is 2.09. The quantitative estimate of drug-likeness (QED) is 0.522. The second-order valence-corrected chi connectivity index (χ2v) is 3.29. The zero-order valence-electron chi connectivity index (χ0n) is 4.45. The van der Waals surface area contributed by atoms with Crippen LogP contribution >= 0.6 is 23.2 Å². The molecule has 1 nitrogen and oxygen atoms in total. The first-order chi connectivity index (χ1) is 3.57. The van der Waals surface area contributed by atoms with Crippen molar-refractivity contribution in [2.24, 2.45) is 0 Å². The van der Waals surface area contributed by atoms with Gasteiger partial charge < -0.3 is 0 Å². The van der Waals surface area contributed by atoms with Gasteiger partial charge in [0.1, 0.15) is 4.87 Å². The Hall–Kier alpha value is 0.250. The van der Waals surface area contributed by atoms with Crippen LogP contribution in [0.25, 0.3) is 0 Å². The van der Waals surface area contributed by atoms with Crippen LogP contribution < -0.4 is 0 Å². The van der Waals surface area contributed by atoms with Gasteiger partial charge in [-0.1, -0.05) is 0 Å². The van der Waals surface area contributed by atoms with Gasteiger partial charge in [-0.3, -0.25) is 4.79 Å². The van der Waals surface area contributed by atoms with Crippen molar-refractivity contribution in [2.45, 2.75) is 23.6 Å². The fourth-order valence-electron chi connectivity index (χ4n) is 0.566. The molecular weight excluding hydrogens is 147 g/mol. The minimum atomic E-state index is -0.693. The van der Waals surface area contributed by atoms with Crippen molar-refractivity contribution in [3.63, 3.8) is 0 Å². The number of hydrogen-bond acceptors (Lipinski definition) is 1. The number of alkyl halides is 2. The van der Waals surface area contributed by atoms with E-state index in [-0.39, 0.29) is 11.2 Å². The summed E-state index contributed by atoms with van der Waals surface area (Å²) in [5.74, 6) is -0.0147. The maximum Gasteiger partial charge on any atom is 0.152 e. The molecule has 8 heavy (non-hydrogen) atoms. The molecule has 0 bridgehead atoms. The molecule has 0 aromatic carbocycles. The molecule has 0 saturated heterocycles. The van der Waals surface area contributed by atoms with E-state index < -0.39 is 4.87 Å². The molecule has 0 aliphatic heterocycles. The Morgan fingerprint density at radius 1 is 1.88 bits per heavy atom. The Labute approximate surface area is 58.0 Å². The zero-order chi connectivity index (χ0) is 6.36. The summed E-state index contributed by atoms with van der Waals surface area (Å²) in [6.07, 6.45) is 0.630. The normalized spacial score (nSPS) is 44.1. The van der Waals surface area contributed by atoms with Gasteiger partial charge in [-0.25, -0.2) is 0 Å². The van der Waals surface area contributed by atoms with E-state index in [9.17, 15) is 4.79 Å². The molecule has 0 N–H and O–H groups in total. The second kappa shape index (κ2) is 1.61. The van der Waals surface area contributed by atoms with Crippen LogP contribution in [0.2, 0.25) is 0 Å². The standard InChI is InChI=1S/C5H6Cl2O/c1-3(8)5(7)2-4(5)6/h4H,2H2,1H3. The molecule has 0 aromatic heterocycles. The van der Waals surface area contributed by atoms with Crippen LogP contribution in [0, 0.1) is 0 Å². The third-order valence-corrected chi connectivity index (χ3v) is 2.72. The minimum absolute atomic E-state index is 0.0147. The summed E-state index contributed by atoms with van der Waals surface area (Å²) in [7, 11) is 0. The van der Waals surface area contributed by atoms with Crippen LogP contribution in [0.1, 0.15) is 13.3 Å². The number of ketones is 1. The zero-order valence-corrected chi connectivity index (χ0v) is 5.96. The van der Waals surface area contributed by atoms with Gasteiger partial charge in [-0.2, -0.15) is 0 Å². The first-order valence-corrected chi connectivity index (χ1v) is 3.23. The SMILES string of the molecule is CC(=O)C1(Cl)CC1Cl. The molecule has 0 heterocycles. The highest BCUT2D eigenvalue weighted by atomic mass is 35.5. The summed E-state index contributed by atoms with van der Waals surface area (Å²) in [6, 6.07) is 0. The number of halogens is 2. The Balaban J connectivity index is 2.60. The summed E-state index contributed by atoms with van der Waals surface area (Å²) in [5.41, 5.74) is 0. The van der Waals surface area contributed by atoms with Crippen molar-refractivity contribution in [2.75, 3.05) is 0 Å². The molecule has 1 aliphatic rings. The smallest absolute Gasteiger partial charge is 0.152 e. The van der Waals surface area contributed by atoms with E-state index in [1.807, 2.05) is 0 Å². The van der Waals surface area contributed by atoms with Gasteiger partial charge in [0.05, 0.1) is 5.38 Å². The Morgan fingerprint density at radius 3 is 2.25 bits per heavy atom. The summed E-state index contributed by atoms with van der Waals surface area (Å²) in [6.45, 7) is 1.47. The van der Waals surface area contributed by atoms with Crippen LogP contribution in [0.3, 0.4) is 0 Å². The topological polar surface area (TPSA) is 17.1 Å². The monoisotopic (exact) mass is 152 g/mol. The molecule has 0 amide bonds. The Morgan fingerprint density at radius 2 is 2.25 bits per heavy atom.